The van der Waals surface area contributed by atoms with E-state index in [9.17, 15) is 0 Å². The van der Waals surface area contributed by atoms with Gasteiger partial charge in [-0.25, -0.2) is 4.98 Å². The highest BCUT2D eigenvalue weighted by Crippen LogP contribution is 2.21. The van der Waals surface area contributed by atoms with E-state index in [1.807, 2.05) is 24.5 Å². The molecule has 0 fully saturated rings. The first-order valence-corrected chi connectivity index (χ1v) is 5.95. The fourth-order valence-corrected chi connectivity index (χ4v) is 2.33. The summed E-state index contributed by atoms with van der Waals surface area (Å²) < 4.78 is 2.09. The number of nitrogens with zero attached hydrogens (tertiary/aromatic N) is 2. The monoisotopic (exact) mass is 237 g/mol. The Morgan fingerprint density at radius 3 is 2.44 bits per heavy atom. The largest absolute Gasteiger partial charge is 0.399 e. The van der Waals surface area contributed by atoms with Gasteiger partial charge in [-0.15, -0.1) is 0 Å². The van der Waals surface area contributed by atoms with Crippen LogP contribution in [0, 0.1) is 13.8 Å². The van der Waals surface area contributed by atoms with Crippen LogP contribution in [-0.4, -0.2) is 9.55 Å². The van der Waals surface area contributed by atoms with Gasteiger partial charge in [-0.05, 0) is 55.3 Å². The molecule has 0 saturated heterocycles. The quantitative estimate of drug-likeness (QED) is 0.660. The number of nitrogen functional groups attached to an aromatic ring is 1. The second-order valence-electron chi connectivity index (χ2n) is 4.71. The predicted octanol–water partition coefficient (Wildman–Crippen LogP) is 3.22. The van der Waals surface area contributed by atoms with Crippen molar-refractivity contribution in [3.63, 3.8) is 0 Å². The number of imidazole rings is 1. The molecule has 1 heterocycles. The van der Waals surface area contributed by atoms with Crippen LogP contribution < -0.4 is 5.73 Å². The van der Waals surface area contributed by atoms with E-state index >= 15 is 0 Å². The number of hydrogen-bond acceptors (Lipinski definition) is 2. The summed E-state index contributed by atoms with van der Waals surface area (Å²) in [5.74, 6) is 0. The van der Waals surface area contributed by atoms with E-state index in [0.717, 1.165) is 22.4 Å². The van der Waals surface area contributed by atoms with Gasteiger partial charge in [0.1, 0.15) is 6.33 Å². The van der Waals surface area contributed by atoms with Gasteiger partial charge >= 0.3 is 0 Å². The first kappa shape index (κ1) is 10.8. The highest BCUT2D eigenvalue weighted by molar-refractivity contribution is 5.80. The predicted molar refractivity (Wildman–Crippen MR) is 75.0 cm³/mol. The van der Waals surface area contributed by atoms with Crippen molar-refractivity contribution in [2.75, 3.05) is 5.73 Å². The number of fused-ring (bicyclic) bond motifs is 1. The van der Waals surface area contributed by atoms with Gasteiger partial charge < -0.3 is 5.73 Å². The third kappa shape index (κ3) is 1.74. The van der Waals surface area contributed by atoms with Crippen LogP contribution in [-0.2, 0) is 0 Å². The highest BCUT2D eigenvalue weighted by atomic mass is 15.0. The standard InChI is InChI=1S/C15H15N3/c1-10-5-11(2)7-13(6-10)18-9-17-14-8-12(16)3-4-15(14)18/h3-9H,16H2,1-2H3. The lowest BCUT2D eigenvalue weighted by Crippen LogP contribution is -1.94. The average molecular weight is 237 g/mol. The Bertz CT molecular complexity index is 705. The van der Waals surface area contributed by atoms with Crippen molar-refractivity contribution in [2.45, 2.75) is 13.8 Å². The van der Waals surface area contributed by atoms with Crippen LogP contribution in [0.2, 0.25) is 0 Å². The molecule has 0 aliphatic carbocycles. The van der Waals surface area contributed by atoms with Crippen LogP contribution >= 0.6 is 0 Å². The van der Waals surface area contributed by atoms with Crippen molar-refractivity contribution in [1.29, 1.82) is 0 Å². The molecule has 0 atom stereocenters. The minimum Gasteiger partial charge on any atom is -0.399 e. The van der Waals surface area contributed by atoms with Crippen LogP contribution in [0.4, 0.5) is 5.69 Å². The zero-order valence-corrected chi connectivity index (χ0v) is 10.5. The third-order valence-electron chi connectivity index (χ3n) is 3.06. The smallest absolute Gasteiger partial charge is 0.100 e. The summed E-state index contributed by atoms with van der Waals surface area (Å²) >= 11 is 0. The molecule has 0 aliphatic heterocycles. The Morgan fingerprint density at radius 1 is 1.00 bits per heavy atom. The Kier molecular flexibility index (Phi) is 2.33. The van der Waals surface area contributed by atoms with E-state index in [1.54, 1.807) is 0 Å². The molecule has 3 rings (SSSR count). The zero-order chi connectivity index (χ0) is 12.7. The molecule has 0 radical (unpaired) electrons. The number of anilines is 1. The van der Waals surface area contributed by atoms with Crippen LogP contribution in [0.25, 0.3) is 16.7 Å². The molecule has 3 nitrogen and oxygen atoms in total. The molecule has 3 heteroatoms. The molecule has 3 aromatic rings. The molecule has 0 saturated carbocycles. The summed E-state index contributed by atoms with van der Waals surface area (Å²) in [7, 11) is 0. The molecule has 0 unspecified atom stereocenters. The minimum atomic E-state index is 0.744. The zero-order valence-electron chi connectivity index (χ0n) is 10.5. The summed E-state index contributed by atoms with van der Waals surface area (Å²) in [5.41, 5.74) is 12.2. The summed E-state index contributed by atoms with van der Waals surface area (Å²) in [6.45, 7) is 4.21. The molecular weight excluding hydrogens is 222 g/mol. The lowest BCUT2D eigenvalue weighted by atomic mass is 10.1. The van der Waals surface area contributed by atoms with Crippen LogP contribution in [0.3, 0.4) is 0 Å². The lowest BCUT2D eigenvalue weighted by Gasteiger charge is -2.07. The molecule has 2 aromatic carbocycles. The molecule has 1 aromatic heterocycles. The van der Waals surface area contributed by atoms with E-state index in [-0.39, 0.29) is 0 Å². The van der Waals surface area contributed by atoms with Gasteiger partial charge in [-0.3, -0.25) is 4.57 Å². The molecule has 2 N–H and O–H groups in total. The van der Waals surface area contributed by atoms with Gasteiger partial charge in [0.25, 0.3) is 0 Å². The number of benzene rings is 2. The maximum atomic E-state index is 5.77. The van der Waals surface area contributed by atoms with E-state index in [2.05, 4.69) is 41.6 Å². The average Bonchev–Trinajstić information content (AvgIpc) is 2.70. The van der Waals surface area contributed by atoms with Crippen molar-refractivity contribution >= 4 is 16.7 Å². The molecule has 18 heavy (non-hydrogen) atoms. The van der Waals surface area contributed by atoms with Gasteiger partial charge in [0, 0.05) is 11.4 Å². The van der Waals surface area contributed by atoms with Crippen molar-refractivity contribution in [1.82, 2.24) is 9.55 Å². The second-order valence-corrected chi connectivity index (χ2v) is 4.71. The molecule has 0 aliphatic rings. The summed E-state index contributed by atoms with van der Waals surface area (Å²) in [4.78, 5) is 4.40. The van der Waals surface area contributed by atoms with Crippen molar-refractivity contribution in [3.05, 3.63) is 53.9 Å². The second kappa shape index (κ2) is 3.88. The molecular formula is C15H15N3. The Morgan fingerprint density at radius 2 is 1.72 bits per heavy atom. The van der Waals surface area contributed by atoms with E-state index in [1.165, 1.54) is 11.1 Å². The normalized spacial score (nSPS) is 11.0. The van der Waals surface area contributed by atoms with Gasteiger partial charge in [0.05, 0.1) is 11.0 Å². The van der Waals surface area contributed by atoms with Gasteiger partial charge in [0.15, 0.2) is 0 Å². The maximum Gasteiger partial charge on any atom is 0.100 e. The number of aryl methyl sites for hydroxylation is 2. The summed E-state index contributed by atoms with van der Waals surface area (Å²) in [5, 5.41) is 0. The Hall–Kier alpha value is -2.29. The van der Waals surface area contributed by atoms with Crippen molar-refractivity contribution in [2.24, 2.45) is 0 Å². The highest BCUT2D eigenvalue weighted by Gasteiger charge is 2.05. The summed E-state index contributed by atoms with van der Waals surface area (Å²) in [6.07, 6.45) is 1.85. The summed E-state index contributed by atoms with van der Waals surface area (Å²) in [6, 6.07) is 12.3. The van der Waals surface area contributed by atoms with Gasteiger partial charge in [-0.2, -0.15) is 0 Å². The maximum absolute atomic E-state index is 5.77. The van der Waals surface area contributed by atoms with Crippen LogP contribution in [0.5, 0.6) is 0 Å². The lowest BCUT2D eigenvalue weighted by molar-refractivity contribution is 1.08. The van der Waals surface area contributed by atoms with E-state index in [4.69, 9.17) is 5.73 Å². The van der Waals surface area contributed by atoms with E-state index < -0.39 is 0 Å². The van der Waals surface area contributed by atoms with E-state index in [0.29, 0.717) is 0 Å². The van der Waals surface area contributed by atoms with Gasteiger partial charge in [0.2, 0.25) is 0 Å². The molecule has 0 spiro atoms. The fraction of sp³-hybridized carbons (Fsp3) is 0.133. The topological polar surface area (TPSA) is 43.8 Å². The Labute approximate surface area is 106 Å². The fourth-order valence-electron chi connectivity index (χ4n) is 2.33. The molecule has 0 bridgehead atoms. The van der Waals surface area contributed by atoms with Crippen LogP contribution in [0.1, 0.15) is 11.1 Å². The number of hydrogen-bond donors (Lipinski definition) is 1. The SMILES string of the molecule is Cc1cc(C)cc(-n2cnc3cc(N)ccc32)c1. The molecule has 90 valence electrons. The van der Waals surface area contributed by atoms with Crippen molar-refractivity contribution in [3.8, 4) is 5.69 Å². The Balaban J connectivity index is 2.25. The minimum absolute atomic E-state index is 0.744. The number of aromatic nitrogens is 2. The van der Waals surface area contributed by atoms with Crippen molar-refractivity contribution < 1.29 is 0 Å². The van der Waals surface area contributed by atoms with Crippen LogP contribution in [0.15, 0.2) is 42.7 Å². The first-order valence-electron chi connectivity index (χ1n) is 5.95. The number of nitrogens with two attached hydrogens (primary N) is 1. The van der Waals surface area contributed by atoms with Gasteiger partial charge in [-0.1, -0.05) is 6.07 Å². The first-order chi connectivity index (χ1) is 8.63. The molecule has 0 amide bonds. The third-order valence-corrected chi connectivity index (χ3v) is 3.06. The number of rotatable bonds is 1.